The van der Waals surface area contributed by atoms with Gasteiger partial charge >= 0.3 is 5.97 Å². The normalized spacial score (nSPS) is 12.2. The van der Waals surface area contributed by atoms with E-state index in [2.05, 4.69) is 48.5 Å². The summed E-state index contributed by atoms with van der Waals surface area (Å²) in [5.41, 5.74) is 1.17. The Morgan fingerprint density at radius 3 is 1.21 bits per heavy atom. The van der Waals surface area contributed by atoms with E-state index in [4.69, 9.17) is 4.74 Å². The summed E-state index contributed by atoms with van der Waals surface area (Å²) >= 11 is 0. The second-order valence-corrected chi connectivity index (χ2v) is 14.0. The topological polar surface area (TPSA) is 46.5 Å². The quantitative estimate of drug-likeness (QED) is 0.0950. The molecule has 0 aliphatic carbocycles. The minimum absolute atomic E-state index is 0.174. The molecule has 0 aliphatic heterocycles. The van der Waals surface area contributed by atoms with E-state index in [0.29, 0.717) is 17.9 Å². The highest BCUT2D eigenvalue weighted by Crippen LogP contribution is 2.41. The van der Waals surface area contributed by atoms with Gasteiger partial charge in [0.25, 0.3) is 0 Å². The Bertz CT molecular complexity index is 746. The van der Waals surface area contributed by atoms with Gasteiger partial charge in [0.15, 0.2) is 0 Å². The third kappa shape index (κ3) is 16.4. The maximum absolute atomic E-state index is 12.5. The Labute approximate surface area is 242 Å². The SMILES string of the molecule is CCCCCCCCCCCCCCCCCCCCCC(=O)Oc1cc(C(C)(C)C)c(O)c(C(C)(C)C)c1. The third-order valence-corrected chi connectivity index (χ3v) is 7.92. The Morgan fingerprint density at radius 1 is 0.590 bits per heavy atom. The molecule has 0 saturated heterocycles. The fourth-order valence-electron chi connectivity index (χ4n) is 5.34. The van der Waals surface area contributed by atoms with Gasteiger partial charge in [-0.3, -0.25) is 4.79 Å². The van der Waals surface area contributed by atoms with Crippen LogP contribution < -0.4 is 4.74 Å². The van der Waals surface area contributed by atoms with E-state index in [-0.39, 0.29) is 16.8 Å². The number of unbranched alkanes of at least 4 members (excludes halogenated alkanes) is 18. The lowest BCUT2D eigenvalue weighted by Gasteiger charge is -2.27. The largest absolute Gasteiger partial charge is 0.507 e. The standard InChI is InChI=1S/C36H64O3/c1-8-9-10-11-12-13-14-15-16-17-18-19-20-21-22-23-24-25-26-27-33(37)39-30-28-31(35(2,3)4)34(38)32(29-30)36(5,6)7/h28-29,38H,8-27H2,1-7H3. The van der Waals surface area contributed by atoms with Crippen LogP contribution in [0.3, 0.4) is 0 Å². The average Bonchev–Trinajstić information content (AvgIpc) is 2.85. The molecule has 0 radical (unpaired) electrons. The molecule has 1 rings (SSSR count). The van der Waals surface area contributed by atoms with Gasteiger partial charge in [-0.05, 0) is 29.4 Å². The van der Waals surface area contributed by atoms with Crippen molar-refractivity contribution in [2.24, 2.45) is 0 Å². The number of hydrogen-bond donors (Lipinski definition) is 1. The van der Waals surface area contributed by atoms with E-state index in [1.807, 2.05) is 12.1 Å². The molecule has 0 fully saturated rings. The number of aromatic hydroxyl groups is 1. The summed E-state index contributed by atoms with van der Waals surface area (Å²) in [5, 5.41) is 10.9. The van der Waals surface area contributed by atoms with Crippen LogP contribution >= 0.6 is 0 Å². The van der Waals surface area contributed by atoms with Crippen molar-refractivity contribution < 1.29 is 14.6 Å². The molecule has 1 aromatic rings. The molecule has 226 valence electrons. The number of carbonyl (C=O) groups excluding carboxylic acids is 1. The number of rotatable bonds is 21. The molecule has 3 nitrogen and oxygen atoms in total. The van der Waals surface area contributed by atoms with Crippen molar-refractivity contribution in [1.82, 2.24) is 0 Å². The molecule has 0 saturated carbocycles. The molecule has 0 bridgehead atoms. The number of esters is 1. The van der Waals surface area contributed by atoms with Crippen LogP contribution in [0.1, 0.15) is 188 Å². The molecule has 0 atom stereocenters. The number of carbonyl (C=O) groups is 1. The van der Waals surface area contributed by atoms with Crippen LogP contribution in [0.5, 0.6) is 11.5 Å². The summed E-state index contributed by atoms with van der Waals surface area (Å²) in [6.45, 7) is 14.7. The van der Waals surface area contributed by atoms with E-state index in [1.54, 1.807) is 0 Å². The van der Waals surface area contributed by atoms with E-state index in [9.17, 15) is 9.90 Å². The van der Waals surface area contributed by atoms with Gasteiger partial charge in [0.05, 0.1) is 0 Å². The average molecular weight is 545 g/mol. The molecule has 0 amide bonds. The van der Waals surface area contributed by atoms with Gasteiger partial charge in [0, 0.05) is 17.5 Å². The molecule has 0 heterocycles. The summed E-state index contributed by atoms with van der Waals surface area (Å²) in [6, 6.07) is 3.66. The van der Waals surface area contributed by atoms with Crippen molar-refractivity contribution in [2.45, 2.75) is 188 Å². The number of phenolic OH excluding ortho intramolecular Hbond substituents is 1. The van der Waals surface area contributed by atoms with Crippen molar-refractivity contribution in [3.63, 3.8) is 0 Å². The maximum atomic E-state index is 12.5. The van der Waals surface area contributed by atoms with Crippen LogP contribution in [0.2, 0.25) is 0 Å². The molecule has 3 heteroatoms. The summed E-state index contributed by atoms with van der Waals surface area (Å²) in [4.78, 5) is 12.5. The van der Waals surface area contributed by atoms with Crippen LogP contribution in [-0.2, 0) is 15.6 Å². The van der Waals surface area contributed by atoms with Crippen LogP contribution in [-0.4, -0.2) is 11.1 Å². The summed E-state index contributed by atoms with van der Waals surface area (Å²) < 4.78 is 5.73. The fraction of sp³-hybridized carbons (Fsp3) is 0.806. The number of phenols is 1. The van der Waals surface area contributed by atoms with Crippen molar-refractivity contribution in [3.8, 4) is 11.5 Å². The highest BCUT2D eigenvalue weighted by atomic mass is 16.5. The summed E-state index contributed by atoms with van der Waals surface area (Å²) in [7, 11) is 0. The van der Waals surface area contributed by atoms with Crippen molar-refractivity contribution >= 4 is 5.97 Å². The molecule has 1 N–H and O–H groups in total. The second-order valence-electron chi connectivity index (χ2n) is 14.0. The first-order chi connectivity index (χ1) is 18.5. The van der Waals surface area contributed by atoms with Crippen LogP contribution in [0, 0.1) is 0 Å². The van der Waals surface area contributed by atoms with Gasteiger partial charge in [0.1, 0.15) is 11.5 Å². The number of hydrogen-bond acceptors (Lipinski definition) is 3. The molecule has 1 aromatic carbocycles. The van der Waals surface area contributed by atoms with E-state index < -0.39 is 0 Å². The zero-order chi connectivity index (χ0) is 29.2. The highest BCUT2D eigenvalue weighted by Gasteiger charge is 2.27. The lowest BCUT2D eigenvalue weighted by molar-refractivity contribution is -0.134. The minimum Gasteiger partial charge on any atom is -0.507 e. The van der Waals surface area contributed by atoms with Gasteiger partial charge in [-0.25, -0.2) is 0 Å². The molecular weight excluding hydrogens is 480 g/mol. The summed E-state index contributed by atoms with van der Waals surface area (Å²) in [6.07, 6.45) is 26.0. The van der Waals surface area contributed by atoms with Gasteiger partial charge < -0.3 is 9.84 Å². The third-order valence-electron chi connectivity index (χ3n) is 7.92. The first-order valence-corrected chi connectivity index (χ1v) is 16.6. The maximum Gasteiger partial charge on any atom is 0.311 e. The van der Waals surface area contributed by atoms with Crippen LogP contribution in [0.25, 0.3) is 0 Å². The smallest absolute Gasteiger partial charge is 0.311 e. The molecule has 0 spiro atoms. The van der Waals surface area contributed by atoms with E-state index in [0.717, 1.165) is 24.0 Å². The van der Waals surface area contributed by atoms with E-state index in [1.165, 1.54) is 109 Å². The monoisotopic (exact) mass is 544 g/mol. The molecule has 0 aliphatic rings. The zero-order valence-electron chi connectivity index (χ0n) is 27.1. The van der Waals surface area contributed by atoms with Gasteiger partial charge in [-0.1, -0.05) is 164 Å². The Hall–Kier alpha value is -1.51. The van der Waals surface area contributed by atoms with Crippen molar-refractivity contribution in [1.29, 1.82) is 0 Å². The Morgan fingerprint density at radius 2 is 0.897 bits per heavy atom. The van der Waals surface area contributed by atoms with Crippen LogP contribution in [0.15, 0.2) is 12.1 Å². The van der Waals surface area contributed by atoms with Gasteiger partial charge in [-0.2, -0.15) is 0 Å². The number of benzene rings is 1. The molecule has 0 unspecified atom stereocenters. The molecule has 39 heavy (non-hydrogen) atoms. The zero-order valence-corrected chi connectivity index (χ0v) is 27.1. The van der Waals surface area contributed by atoms with E-state index >= 15 is 0 Å². The fourth-order valence-corrected chi connectivity index (χ4v) is 5.34. The van der Waals surface area contributed by atoms with Gasteiger partial charge in [0.2, 0.25) is 0 Å². The van der Waals surface area contributed by atoms with Crippen molar-refractivity contribution in [3.05, 3.63) is 23.3 Å². The first kappa shape index (κ1) is 35.5. The van der Waals surface area contributed by atoms with Gasteiger partial charge in [-0.15, -0.1) is 0 Å². The Balaban J connectivity index is 2.10. The predicted molar refractivity (Wildman–Crippen MR) is 169 cm³/mol. The van der Waals surface area contributed by atoms with Crippen LogP contribution in [0.4, 0.5) is 0 Å². The highest BCUT2D eigenvalue weighted by molar-refractivity contribution is 5.72. The minimum atomic E-state index is -0.237. The Kier molecular flexibility index (Phi) is 17.8. The second kappa shape index (κ2) is 19.5. The molecule has 0 aromatic heterocycles. The number of ether oxygens (including phenoxy) is 1. The molecular formula is C36H64O3. The first-order valence-electron chi connectivity index (χ1n) is 16.6. The predicted octanol–water partition coefficient (Wildman–Crippen LogP) is 11.7. The summed E-state index contributed by atoms with van der Waals surface area (Å²) in [5.74, 6) is 0.687. The van der Waals surface area contributed by atoms with Crippen molar-refractivity contribution in [2.75, 3.05) is 0 Å². The lowest BCUT2D eigenvalue weighted by atomic mass is 9.79. The lowest BCUT2D eigenvalue weighted by Crippen LogP contribution is -2.18.